The molecule has 1 atom stereocenters. The summed E-state index contributed by atoms with van der Waals surface area (Å²) in [6.07, 6.45) is 0.759. The fraction of sp³-hybridized carbons (Fsp3) is 0.400. The first-order valence-electron chi connectivity index (χ1n) is 2.64. The number of aromatic nitrogens is 1. The predicted molar refractivity (Wildman–Crippen MR) is 41.9 cm³/mol. The summed E-state index contributed by atoms with van der Waals surface area (Å²) in [6.45, 7) is -0.278. The second-order valence-corrected chi connectivity index (χ2v) is 4.14. The fourth-order valence-electron chi connectivity index (χ4n) is 0.499. The molecule has 0 bridgehead atoms. The molecule has 0 saturated heterocycles. The van der Waals surface area contributed by atoms with Crippen molar-refractivity contribution in [2.75, 3.05) is 6.61 Å². The highest BCUT2D eigenvalue weighted by atomic mass is 79.9. The minimum atomic E-state index is -0.837. The van der Waals surface area contributed by atoms with E-state index in [-0.39, 0.29) is 6.61 Å². The van der Waals surface area contributed by atoms with Gasteiger partial charge in [0.2, 0.25) is 0 Å². The Morgan fingerprint density at radius 1 is 1.80 bits per heavy atom. The highest BCUT2D eigenvalue weighted by Crippen LogP contribution is 2.23. The van der Waals surface area contributed by atoms with E-state index in [0.717, 1.165) is 3.79 Å². The Hall–Kier alpha value is 0.0300. The minimum absolute atomic E-state index is 0.278. The maximum Gasteiger partial charge on any atom is 0.128 e. The number of hydrogen-bond donors (Lipinski definition) is 2. The summed E-state index contributed by atoms with van der Waals surface area (Å²) in [6, 6.07) is 0. The van der Waals surface area contributed by atoms with E-state index in [1.54, 1.807) is 6.20 Å². The third-order valence-corrected chi connectivity index (χ3v) is 2.53. The first-order chi connectivity index (χ1) is 4.74. The number of nitrogens with zero attached hydrogens (tertiary/aromatic N) is 1. The molecule has 5 heteroatoms. The number of halogens is 1. The molecule has 0 saturated carbocycles. The van der Waals surface area contributed by atoms with Crippen LogP contribution in [0.5, 0.6) is 0 Å². The van der Waals surface area contributed by atoms with Gasteiger partial charge in [-0.25, -0.2) is 4.98 Å². The van der Waals surface area contributed by atoms with E-state index < -0.39 is 6.10 Å². The average molecular weight is 224 g/mol. The van der Waals surface area contributed by atoms with Crippen molar-refractivity contribution in [1.29, 1.82) is 0 Å². The molecule has 1 aromatic heterocycles. The summed E-state index contributed by atoms with van der Waals surface area (Å²) in [5.41, 5.74) is 0. The maximum atomic E-state index is 9.02. The van der Waals surface area contributed by atoms with Crippen LogP contribution in [0.15, 0.2) is 9.98 Å². The van der Waals surface area contributed by atoms with Crippen LogP contribution in [-0.4, -0.2) is 21.8 Å². The molecule has 1 heterocycles. The van der Waals surface area contributed by atoms with E-state index >= 15 is 0 Å². The lowest BCUT2D eigenvalue weighted by Gasteiger charge is -1.99. The van der Waals surface area contributed by atoms with Gasteiger partial charge >= 0.3 is 0 Å². The van der Waals surface area contributed by atoms with Crippen LogP contribution in [0.3, 0.4) is 0 Å². The van der Waals surface area contributed by atoms with Crippen molar-refractivity contribution in [1.82, 2.24) is 4.98 Å². The lowest BCUT2D eigenvalue weighted by molar-refractivity contribution is 0.0954. The molecule has 0 aliphatic heterocycles. The quantitative estimate of drug-likeness (QED) is 0.785. The van der Waals surface area contributed by atoms with Gasteiger partial charge < -0.3 is 10.2 Å². The van der Waals surface area contributed by atoms with Crippen LogP contribution in [0, 0.1) is 0 Å². The van der Waals surface area contributed by atoms with Crippen molar-refractivity contribution in [3.05, 3.63) is 15.0 Å². The zero-order chi connectivity index (χ0) is 7.56. The summed E-state index contributed by atoms with van der Waals surface area (Å²) in [7, 11) is 0. The molecule has 0 aliphatic carbocycles. The van der Waals surface area contributed by atoms with Gasteiger partial charge in [-0.2, -0.15) is 0 Å². The number of aliphatic hydroxyl groups excluding tert-OH is 2. The van der Waals surface area contributed by atoms with E-state index in [0.29, 0.717) is 5.01 Å². The molecule has 1 aromatic rings. The summed E-state index contributed by atoms with van der Waals surface area (Å²) < 4.78 is 0.856. The predicted octanol–water partition coefficient (Wildman–Crippen LogP) is 0.931. The monoisotopic (exact) mass is 223 g/mol. The molecule has 1 rings (SSSR count). The minimum Gasteiger partial charge on any atom is -0.393 e. The Balaban J connectivity index is 2.74. The molecule has 0 spiro atoms. The standard InChI is InChI=1S/C5H6BrNO2S/c6-4-1-7-5(10-4)3(9)2-8/h1,3,8-9H,2H2. The highest BCUT2D eigenvalue weighted by Gasteiger charge is 2.09. The van der Waals surface area contributed by atoms with Gasteiger partial charge in [0.05, 0.1) is 16.6 Å². The van der Waals surface area contributed by atoms with Gasteiger partial charge in [-0.1, -0.05) is 0 Å². The molecular formula is C5H6BrNO2S. The Kier molecular flexibility index (Phi) is 2.79. The summed E-state index contributed by atoms with van der Waals surface area (Å²) in [5, 5.41) is 18.1. The molecule has 0 aromatic carbocycles. The lowest BCUT2D eigenvalue weighted by Crippen LogP contribution is -2.00. The van der Waals surface area contributed by atoms with Gasteiger partial charge in [-0.05, 0) is 15.9 Å². The molecule has 1 unspecified atom stereocenters. The van der Waals surface area contributed by atoms with Crippen LogP contribution in [0.25, 0.3) is 0 Å². The third-order valence-electron chi connectivity index (χ3n) is 0.953. The zero-order valence-electron chi connectivity index (χ0n) is 4.99. The Morgan fingerprint density at radius 3 is 2.90 bits per heavy atom. The van der Waals surface area contributed by atoms with Crippen molar-refractivity contribution >= 4 is 27.3 Å². The van der Waals surface area contributed by atoms with E-state index in [9.17, 15) is 0 Å². The number of thiazole rings is 1. The zero-order valence-corrected chi connectivity index (χ0v) is 7.39. The Labute approximate surface area is 70.5 Å². The van der Waals surface area contributed by atoms with E-state index in [4.69, 9.17) is 10.2 Å². The number of hydrogen-bond acceptors (Lipinski definition) is 4. The third kappa shape index (κ3) is 1.76. The molecule has 10 heavy (non-hydrogen) atoms. The van der Waals surface area contributed by atoms with Gasteiger partial charge in [0.1, 0.15) is 11.1 Å². The van der Waals surface area contributed by atoms with Gasteiger partial charge in [0.15, 0.2) is 0 Å². The van der Waals surface area contributed by atoms with Gasteiger partial charge in [0, 0.05) is 0 Å². The van der Waals surface area contributed by atoms with Crippen LogP contribution in [0.4, 0.5) is 0 Å². The van der Waals surface area contributed by atoms with Gasteiger partial charge in [-0.3, -0.25) is 0 Å². The fourth-order valence-corrected chi connectivity index (χ4v) is 1.72. The average Bonchev–Trinajstić information content (AvgIpc) is 2.34. The molecule has 2 N–H and O–H groups in total. The van der Waals surface area contributed by atoms with Crippen LogP contribution < -0.4 is 0 Å². The summed E-state index contributed by atoms with van der Waals surface area (Å²) in [5.74, 6) is 0. The van der Waals surface area contributed by atoms with E-state index in [1.807, 2.05) is 0 Å². The smallest absolute Gasteiger partial charge is 0.128 e. The first-order valence-corrected chi connectivity index (χ1v) is 4.25. The van der Waals surface area contributed by atoms with Crippen LogP contribution >= 0.6 is 27.3 Å². The molecular weight excluding hydrogens is 218 g/mol. The second-order valence-electron chi connectivity index (χ2n) is 1.70. The normalized spacial score (nSPS) is 13.5. The molecule has 0 fully saturated rings. The van der Waals surface area contributed by atoms with Crippen molar-refractivity contribution in [2.24, 2.45) is 0 Å². The summed E-state index contributed by atoms with van der Waals surface area (Å²) >= 11 is 4.51. The Bertz CT molecular complexity index is 215. The maximum absolute atomic E-state index is 9.02. The van der Waals surface area contributed by atoms with Crippen LogP contribution in [-0.2, 0) is 0 Å². The van der Waals surface area contributed by atoms with Crippen molar-refractivity contribution in [2.45, 2.75) is 6.10 Å². The van der Waals surface area contributed by atoms with Gasteiger partial charge in [-0.15, -0.1) is 11.3 Å². The summed E-state index contributed by atoms with van der Waals surface area (Å²) in [4.78, 5) is 3.85. The molecule has 0 radical (unpaired) electrons. The topological polar surface area (TPSA) is 53.4 Å². The molecule has 3 nitrogen and oxygen atoms in total. The largest absolute Gasteiger partial charge is 0.393 e. The van der Waals surface area contributed by atoms with Gasteiger partial charge in [0.25, 0.3) is 0 Å². The molecule has 0 aliphatic rings. The highest BCUT2D eigenvalue weighted by molar-refractivity contribution is 9.11. The second kappa shape index (κ2) is 3.43. The van der Waals surface area contributed by atoms with Crippen LogP contribution in [0.2, 0.25) is 0 Å². The molecule has 56 valence electrons. The van der Waals surface area contributed by atoms with Crippen LogP contribution in [0.1, 0.15) is 11.1 Å². The lowest BCUT2D eigenvalue weighted by atomic mass is 10.4. The number of rotatable bonds is 2. The SMILES string of the molecule is OCC(O)c1ncc(Br)s1. The van der Waals surface area contributed by atoms with E-state index in [1.165, 1.54) is 11.3 Å². The van der Waals surface area contributed by atoms with E-state index in [2.05, 4.69) is 20.9 Å². The first kappa shape index (κ1) is 8.13. The number of aliphatic hydroxyl groups is 2. The van der Waals surface area contributed by atoms with Crippen molar-refractivity contribution in [3.8, 4) is 0 Å². The molecule has 0 amide bonds. The van der Waals surface area contributed by atoms with Crippen molar-refractivity contribution < 1.29 is 10.2 Å². The van der Waals surface area contributed by atoms with Crippen molar-refractivity contribution in [3.63, 3.8) is 0 Å². The Morgan fingerprint density at radius 2 is 2.50 bits per heavy atom.